The van der Waals surface area contributed by atoms with Crippen molar-refractivity contribution >= 4 is 11.9 Å². The van der Waals surface area contributed by atoms with E-state index in [0.29, 0.717) is 5.75 Å². The number of hydrogen-bond donors (Lipinski definition) is 1. The van der Waals surface area contributed by atoms with Gasteiger partial charge in [0.05, 0.1) is 0 Å². The zero-order valence-electron chi connectivity index (χ0n) is 11.4. The molecule has 1 amide bonds. The number of benzene rings is 1. The van der Waals surface area contributed by atoms with Crippen LogP contribution in [0.15, 0.2) is 30.3 Å². The summed E-state index contributed by atoms with van der Waals surface area (Å²) in [6.45, 7) is 4.92. The molecular formula is C14H19NO4. The van der Waals surface area contributed by atoms with Crippen molar-refractivity contribution < 1.29 is 19.1 Å². The second kappa shape index (κ2) is 7.41. The van der Waals surface area contributed by atoms with Gasteiger partial charge in [-0.25, -0.2) is 0 Å². The van der Waals surface area contributed by atoms with E-state index < -0.39 is 12.1 Å². The highest BCUT2D eigenvalue weighted by Gasteiger charge is 2.23. The molecule has 1 aromatic rings. The van der Waals surface area contributed by atoms with Gasteiger partial charge in [0, 0.05) is 13.0 Å². The molecule has 1 aromatic carbocycles. The third-order valence-electron chi connectivity index (χ3n) is 2.18. The molecule has 0 aromatic heterocycles. The average Bonchev–Trinajstić information content (AvgIpc) is 2.34. The van der Waals surface area contributed by atoms with Gasteiger partial charge in [0.1, 0.15) is 12.4 Å². The van der Waals surface area contributed by atoms with E-state index in [2.05, 4.69) is 5.32 Å². The van der Waals surface area contributed by atoms with Gasteiger partial charge >= 0.3 is 5.97 Å². The smallest absolute Gasteiger partial charge is 0.303 e. The normalized spacial score (nSPS) is 11.8. The minimum atomic E-state index is -0.944. The molecule has 5 heteroatoms. The second-order valence-corrected chi connectivity index (χ2v) is 4.39. The van der Waals surface area contributed by atoms with Crippen LogP contribution in [0.4, 0.5) is 0 Å². The predicted octanol–water partition coefficient (Wildman–Crippen LogP) is 1.52. The number of esters is 1. The van der Waals surface area contributed by atoms with Crippen LogP contribution in [0.5, 0.6) is 5.75 Å². The number of carbonyl (C=O) groups is 2. The van der Waals surface area contributed by atoms with E-state index in [-0.39, 0.29) is 18.6 Å². The van der Waals surface area contributed by atoms with Gasteiger partial charge in [-0.05, 0) is 26.0 Å². The summed E-state index contributed by atoms with van der Waals surface area (Å²) in [6, 6.07) is 9.02. The first-order valence-corrected chi connectivity index (χ1v) is 6.14. The molecule has 0 spiro atoms. The number of nitrogens with one attached hydrogen (secondary N) is 1. The van der Waals surface area contributed by atoms with Crippen LogP contribution in [-0.4, -0.2) is 30.6 Å². The lowest BCUT2D eigenvalue weighted by atomic mass is 10.3. The van der Waals surface area contributed by atoms with Crippen LogP contribution in [0.1, 0.15) is 20.8 Å². The van der Waals surface area contributed by atoms with Gasteiger partial charge in [0.2, 0.25) is 6.10 Å². The Kier molecular flexibility index (Phi) is 5.85. The first kappa shape index (κ1) is 15.0. The lowest BCUT2D eigenvalue weighted by Crippen LogP contribution is -2.43. The van der Waals surface area contributed by atoms with Gasteiger partial charge in [-0.3, -0.25) is 9.59 Å². The molecular weight excluding hydrogens is 246 g/mol. The van der Waals surface area contributed by atoms with Gasteiger partial charge in [-0.1, -0.05) is 18.2 Å². The summed E-state index contributed by atoms with van der Waals surface area (Å²) in [5, 5.41) is 2.69. The Morgan fingerprint density at radius 3 is 2.37 bits per heavy atom. The van der Waals surface area contributed by atoms with E-state index >= 15 is 0 Å². The Hall–Kier alpha value is -2.04. The number of amides is 1. The molecule has 1 rings (SSSR count). The van der Waals surface area contributed by atoms with Crippen LogP contribution >= 0.6 is 0 Å². The van der Waals surface area contributed by atoms with Crippen LogP contribution in [0.3, 0.4) is 0 Å². The first-order chi connectivity index (χ1) is 8.99. The van der Waals surface area contributed by atoms with E-state index in [1.54, 1.807) is 12.1 Å². The van der Waals surface area contributed by atoms with Gasteiger partial charge in [-0.15, -0.1) is 0 Å². The maximum Gasteiger partial charge on any atom is 0.303 e. The maximum atomic E-state index is 11.8. The van der Waals surface area contributed by atoms with Gasteiger partial charge in [-0.2, -0.15) is 0 Å². The summed E-state index contributed by atoms with van der Waals surface area (Å²) in [7, 11) is 0. The molecule has 0 aliphatic carbocycles. The summed E-state index contributed by atoms with van der Waals surface area (Å²) in [5.74, 6) is -0.251. The topological polar surface area (TPSA) is 64.6 Å². The largest absolute Gasteiger partial charge is 0.489 e. The summed E-state index contributed by atoms with van der Waals surface area (Å²) < 4.78 is 10.4. The average molecular weight is 265 g/mol. The molecule has 0 aliphatic rings. The van der Waals surface area contributed by atoms with Crippen LogP contribution in [-0.2, 0) is 14.3 Å². The molecule has 1 N–H and O–H groups in total. The Morgan fingerprint density at radius 1 is 1.21 bits per heavy atom. The zero-order chi connectivity index (χ0) is 14.3. The summed E-state index contributed by atoms with van der Waals surface area (Å²) >= 11 is 0. The van der Waals surface area contributed by atoms with Crippen molar-refractivity contribution in [3.63, 3.8) is 0 Å². The first-order valence-electron chi connectivity index (χ1n) is 6.14. The van der Waals surface area contributed by atoms with Crippen molar-refractivity contribution in [2.75, 3.05) is 6.61 Å². The molecule has 0 saturated heterocycles. The van der Waals surface area contributed by atoms with Crippen molar-refractivity contribution in [3.05, 3.63) is 30.3 Å². The highest BCUT2D eigenvalue weighted by molar-refractivity contribution is 5.83. The Bertz CT molecular complexity index is 417. The van der Waals surface area contributed by atoms with Crippen LogP contribution in [0.25, 0.3) is 0 Å². The molecule has 0 radical (unpaired) electrons. The summed E-state index contributed by atoms with van der Waals surface area (Å²) in [6.07, 6.45) is -0.944. The Labute approximate surface area is 112 Å². The standard InChI is InChI=1S/C14H19NO4/c1-10(2)15-14(17)13(19-11(3)16)9-18-12-7-5-4-6-8-12/h4-8,10,13H,9H2,1-3H3,(H,15,17). The van der Waals surface area contributed by atoms with Crippen LogP contribution < -0.4 is 10.1 Å². The van der Waals surface area contributed by atoms with E-state index in [1.807, 2.05) is 32.0 Å². The van der Waals surface area contributed by atoms with Crippen molar-refractivity contribution in [1.29, 1.82) is 0 Å². The minimum Gasteiger partial charge on any atom is -0.489 e. The number of para-hydroxylation sites is 1. The molecule has 0 saturated carbocycles. The third kappa shape index (κ3) is 5.90. The molecule has 0 aliphatic heterocycles. The minimum absolute atomic E-state index is 0.0118. The Morgan fingerprint density at radius 2 is 1.84 bits per heavy atom. The Balaban J connectivity index is 2.59. The van der Waals surface area contributed by atoms with Gasteiger partial charge in [0.15, 0.2) is 0 Å². The second-order valence-electron chi connectivity index (χ2n) is 4.39. The van der Waals surface area contributed by atoms with Crippen molar-refractivity contribution in [1.82, 2.24) is 5.32 Å². The highest BCUT2D eigenvalue weighted by Crippen LogP contribution is 2.09. The molecule has 0 heterocycles. The molecule has 19 heavy (non-hydrogen) atoms. The fourth-order valence-corrected chi connectivity index (χ4v) is 1.43. The van der Waals surface area contributed by atoms with Crippen LogP contribution in [0.2, 0.25) is 0 Å². The summed E-state index contributed by atoms with van der Waals surface area (Å²) in [5.41, 5.74) is 0. The molecule has 5 nitrogen and oxygen atoms in total. The van der Waals surface area contributed by atoms with Crippen molar-refractivity contribution in [2.24, 2.45) is 0 Å². The summed E-state index contributed by atoms with van der Waals surface area (Å²) in [4.78, 5) is 22.8. The van der Waals surface area contributed by atoms with Gasteiger partial charge < -0.3 is 14.8 Å². The lowest BCUT2D eigenvalue weighted by Gasteiger charge is -2.18. The number of rotatable bonds is 6. The fourth-order valence-electron chi connectivity index (χ4n) is 1.43. The number of hydrogen-bond acceptors (Lipinski definition) is 4. The van der Waals surface area contributed by atoms with E-state index in [0.717, 1.165) is 0 Å². The lowest BCUT2D eigenvalue weighted by molar-refractivity contribution is -0.155. The highest BCUT2D eigenvalue weighted by atomic mass is 16.6. The number of ether oxygens (including phenoxy) is 2. The van der Waals surface area contributed by atoms with E-state index in [1.165, 1.54) is 6.92 Å². The predicted molar refractivity (Wildman–Crippen MR) is 70.8 cm³/mol. The molecule has 1 atom stereocenters. The molecule has 0 fully saturated rings. The maximum absolute atomic E-state index is 11.8. The molecule has 0 bridgehead atoms. The molecule has 1 unspecified atom stereocenters. The van der Waals surface area contributed by atoms with E-state index in [4.69, 9.17) is 9.47 Å². The third-order valence-corrected chi connectivity index (χ3v) is 2.18. The number of carbonyl (C=O) groups excluding carboxylic acids is 2. The fraction of sp³-hybridized carbons (Fsp3) is 0.429. The SMILES string of the molecule is CC(=O)OC(COc1ccccc1)C(=O)NC(C)C. The van der Waals surface area contributed by atoms with Crippen molar-refractivity contribution in [2.45, 2.75) is 32.9 Å². The quantitative estimate of drug-likeness (QED) is 0.792. The van der Waals surface area contributed by atoms with Crippen LogP contribution in [0, 0.1) is 0 Å². The van der Waals surface area contributed by atoms with Gasteiger partial charge in [0.25, 0.3) is 5.91 Å². The van der Waals surface area contributed by atoms with Crippen molar-refractivity contribution in [3.8, 4) is 5.75 Å². The molecule has 104 valence electrons. The zero-order valence-corrected chi connectivity index (χ0v) is 11.4. The monoisotopic (exact) mass is 265 g/mol. The van der Waals surface area contributed by atoms with E-state index in [9.17, 15) is 9.59 Å².